The van der Waals surface area contributed by atoms with Crippen LogP contribution in [-0.2, 0) is 4.79 Å². The Balaban J connectivity index is 1.75. The van der Waals surface area contributed by atoms with E-state index in [1.807, 2.05) is 35.7 Å². The summed E-state index contributed by atoms with van der Waals surface area (Å²) in [6, 6.07) is 12.9. The Kier molecular flexibility index (Phi) is 5.02. The smallest absolute Gasteiger partial charge is 0.283 e. The molecule has 4 rings (SSSR count). The molecule has 0 fully saturated rings. The van der Waals surface area contributed by atoms with E-state index >= 15 is 0 Å². The molecule has 0 bridgehead atoms. The van der Waals surface area contributed by atoms with Crippen LogP contribution >= 0.6 is 35.0 Å². The SMILES string of the molecule is COc1c(Cl)cc(C=C2C(=N)N3C(c4ccccc4)=CSC3=NC2=O)cc1Cl. The highest BCUT2D eigenvalue weighted by atomic mass is 35.5. The van der Waals surface area contributed by atoms with Crippen molar-refractivity contribution in [3.8, 4) is 5.75 Å². The molecule has 1 N–H and O–H groups in total. The van der Waals surface area contributed by atoms with Gasteiger partial charge in [-0.25, -0.2) is 0 Å². The maximum atomic E-state index is 12.5. The number of methoxy groups -OCH3 is 1. The average molecular weight is 430 g/mol. The minimum atomic E-state index is -0.477. The molecular weight excluding hydrogens is 417 g/mol. The predicted molar refractivity (Wildman–Crippen MR) is 115 cm³/mol. The molecule has 2 heterocycles. The summed E-state index contributed by atoms with van der Waals surface area (Å²) in [5.74, 6) is -0.0613. The lowest BCUT2D eigenvalue weighted by Gasteiger charge is -2.27. The number of hydrogen-bond donors (Lipinski definition) is 1. The largest absolute Gasteiger partial charge is 0.494 e. The second-order valence-electron chi connectivity index (χ2n) is 5.95. The molecule has 0 unspecified atom stereocenters. The third-order valence-electron chi connectivity index (χ3n) is 4.22. The third-order valence-corrected chi connectivity index (χ3v) is 5.61. The number of fused-ring (bicyclic) bond motifs is 1. The number of rotatable bonds is 3. The van der Waals surface area contributed by atoms with Crippen LogP contribution in [0.15, 0.2) is 58.4 Å². The number of aliphatic imine (C=N–C) groups is 1. The molecule has 0 saturated heterocycles. The van der Waals surface area contributed by atoms with Gasteiger partial charge in [-0.1, -0.05) is 65.3 Å². The van der Waals surface area contributed by atoms with E-state index in [9.17, 15) is 4.79 Å². The molecule has 0 aliphatic carbocycles. The summed E-state index contributed by atoms with van der Waals surface area (Å²) in [4.78, 5) is 18.3. The number of nitrogens with one attached hydrogen (secondary N) is 1. The van der Waals surface area contributed by atoms with Gasteiger partial charge in [0.15, 0.2) is 10.9 Å². The fourth-order valence-electron chi connectivity index (χ4n) is 2.94. The standard InChI is InChI=1S/C20H13Cl2N3O2S/c1-27-17-14(21)8-11(9-15(17)22)7-13-18(23)25-16(12-5-3-2-4-6-12)10-28-20(25)24-19(13)26/h2-10,23H,1H3. The number of benzene rings is 2. The van der Waals surface area contributed by atoms with Crippen molar-refractivity contribution in [1.29, 1.82) is 5.41 Å². The normalized spacial score (nSPS) is 17.5. The van der Waals surface area contributed by atoms with Gasteiger partial charge in [0.2, 0.25) is 0 Å². The van der Waals surface area contributed by atoms with Crippen LogP contribution in [0.2, 0.25) is 10.0 Å². The quantitative estimate of drug-likeness (QED) is 0.671. The van der Waals surface area contributed by atoms with Gasteiger partial charge in [-0.05, 0) is 29.3 Å². The van der Waals surface area contributed by atoms with Crippen LogP contribution in [-0.4, -0.2) is 28.9 Å². The van der Waals surface area contributed by atoms with Gasteiger partial charge >= 0.3 is 0 Å². The van der Waals surface area contributed by atoms with E-state index in [-0.39, 0.29) is 11.4 Å². The predicted octanol–water partition coefficient (Wildman–Crippen LogP) is 5.31. The van der Waals surface area contributed by atoms with Crippen LogP contribution in [0.4, 0.5) is 0 Å². The van der Waals surface area contributed by atoms with Crippen LogP contribution in [0.3, 0.4) is 0 Å². The Labute approximate surface area is 175 Å². The van der Waals surface area contributed by atoms with Gasteiger partial charge in [0.1, 0.15) is 5.84 Å². The Morgan fingerprint density at radius 1 is 1.18 bits per heavy atom. The number of halogens is 2. The summed E-state index contributed by atoms with van der Waals surface area (Å²) in [7, 11) is 1.48. The zero-order valence-electron chi connectivity index (χ0n) is 14.6. The van der Waals surface area contributed by atoms with Crippen molar-refractivity contribution in [3.63, 3.8) is 0 Å². The monoisotopic (exact) mass is 429 g/mol. The van der Waals surface area contributed by atoms with E-state index in [1.165, 1.54) is 18.9 Å². The van der Waals surface area contributed by atoms with Crippen molar-refractivity contribution < 1.29 is 9.53 Å². The van der Waals surface area contributed by atoms with Gasteiger partial charge in [-0.2, -0.15) is 4.99 Å². The molecule has 8 heteroatoms. The molecule has 0 aromatic heterocycles. The van der Waals surface area contributed by atoms with E-state index in [0.717, 1.165) is 11.3 Å². The van der Waals surface area contributed by atoms with Gasteiger partial charge in [-0.15, -0.1) is 0 Å². The molecule has 5 nitrogen and oxygen atoms in total. The van der Waals surface area contributed by atoms with Crippen LogP contribution in [0.25, 0.3) is 11.8 Å². The number of carbonyl (C=O) groups excluding carboxylic acids is 1. The molecule has 28 heavy (non-hydrogen) atoms. The molecule has 1 amide bonds. The maximum absolute atomic E-state index is 12.5. The molecule has 2 aromatic carbocycles. The highest BCUT2D eigenvalue weighted by Crippen LogP contribution is 2.38. The summed E-state index contributed by atoms with van der Waals surface area (Å²) < 4.78 is 5.15. The third kappa shape index (κ3) is 3.24. The number of amidine groups is 2. The first kappa shape index (κ1) is 18.8. The lowest BCUT2D eigenvalue weighted by Crippen LogP contribution is -2.38. The van der Waals surface area contributed by atoms with Gasteiger partial charge in [-0.3, -0.25) is 15.1 Å². The Morgan fingerprint density at radius 3 is 2.50 bits per heavy atom. The molecule has 0 atom stereocenters. The zero-order valence-corrected chi connectivity index (χ0v) is 16.9. The molecule has 0 radical (unpaired) electrons. The average Bonchev–Trinajstić information content (AvgIpc) is 3.09. The van der Waals surface area contributed by atoms with Crippen molar-refractivity contribution in [2.75, 3.05) is 7.11 Å². The molecule has 140 valence electrons. The van der Waals surface area contributed by atoms with Crippen LogP contribution in [0.5, 0.6) is 5.75 Å². The Hall–Kier alpha value is -2.54. The topological polar surface area (TPSA) is 65.8 Å². The number of ether oxygens (including phenoxy) is 1. The molecule has 2 aliphatic heterocycles. The van der Waals surface area contributed by atoms with E-state index in [1.54, 1.807) is 23.1 Å². The van der Waals surface area contributed by atoms with E-state index in [4.69, 9.17) is 33.3 Å². The molecule has 2 aromatic rings. The lowest BCUT2D eigenvalue weighted by atomic mass is 10.1. The minimum Gasteiger partial charge on any atom is -0.494 e. The Bertz CT molecular complexity index is 1070. The van der Waals surface area contributed by atoms with Crippen molar-refractivity contribution in [2.24, 2.45) is 4.99 Å². The first-order chi connectivity index (χ1) is 13.5. The molecule has 0 spiro atoms. The minimum absolute atomic E-state index is 0.0539. The second kappa shape index (κ2) is 7.47. The lowest BCUT2D eigenvalue weighted by molar-refractivity contribution is -0.114. The fraction of sp³-hybridized carbons (Fsp3) is 0.0500. The van der Waals surface area contributed by atoms with Crippen molar-refractivity contribution >= 4 is 63.6 Å². The molecule has 0 saturated carbocycles. The maximum Gasteiger partial charge on any atom is 0.283 e. The first-order valence-corrected chi connectivity index (χ1v) is 9.82. The summed E-state index contributed by atoms with van der Waals surface area (Å²) in [6.07, 6.45) is 1.56. The van der Waals surface area contributed by atoms with Crippen LogP contribution < -0.4 is 4.74 Å². The van der Waals surface area contributed by atoms with Crippen molar-refractivity contribution in [1.82, 2.24) is 4.90 Å². The van der Waals surface area contributed by atoms with Gasteiger partial charge < -0.3 is 4.74 Å². The Morgan fingerprint density at radius 2 is 1.86 bits per heavy atom. The zero-order chi connectivity index (χ0) is 19.8. The number of thioether (sulfide) groups is 1. The summed E-state index contributed by atoms with van der Waals surface area (Å²) >= 11 is 13.7. The van der Waals surface area contributed by atoms with E-state index in [2.05, 4.69) is 4.99 Å². The highest BCUT2D eigenvalue weighted by molar-refractivity contribution is 8.17. The number of nitrogens with zero attached hydrogens (tertiary/aromatic N) is 2. The van der Waals surface area contributed by atoms with E-state index < -0.39 is 5.91 Å². The summed E-state index contributed by atoms with van der Waals surface area (Å²) in [6.45, 7) is 0. The second-order valence-corrected chi connectivity index (χ2v) is 7.60. The first-order valence-electron chi connectivity index (χ1n) is 8.18. The van der Waals surface area contributed by atoms with Crippen LogP contribution in [0, 0.1) is 5.41 Å². The van der Waals surface area contributed by atoms with Gasteiger partial charge in [0.25, 0.3) is 5.91 Å². The summed E-state index contributed by atoms with van der Waals surface area (Å²) in [5.41, 5.74) is 2.48. The van der Waals surface area contributed by atoms with E-state index in [0.29, 0.717) is 26.5 Å². The number of carbonyl (C=O) groups is 1. The molecular formula is C20H13Cl2N3O2S. The fourth-order valence-corrected chi connectivity index (χ4v) is 4.49. The van der Waals surface area contributed by atoms with Crippen LogP contribution in [0.1, 0.15) is 11.1 Å². The van der Waals surface area contributed by atoms with Crippen molar-refractivity contribution in [3.05, 3.63) is 74.6 Å². The van der Waals surface area contributed by atoms with Crippen molar-refractivity contribution in [2.45, 2.75) is 0 Å². The van der Waals surface area contributed by atoms with Gasteiger partial charge in [0, 0.05) is 5.41 Å². The number of hydrogen-bond acceptors (Lipinski definition) is 4. The highest BCUT2D eigenvalue weighted by Gasteiger charge is 2.36. The number of amides is 1. The summed E-state index contributed by atoms with van der Waals surface area (Å²) in [5, 5.41) is 11.6. The van der Waals surface area contributed by atoms with Gasteiger partial charge in [0.05, 0.1) is 28.4 Å². The molecule has 2 aliphatic rings.